The van der Waals surface area contributed by atoms with Gasteiger partial charge in [0, 0.05) is 5.56 Å². The zero-order chi connectivity index (χ0) is 13.7. The summed E-state index contributed by atoms with van der Waals surface area (Å²) in [6.07, 6.45) is -1.70. The maximum absolute atomic E-state index is 13.3. The van der Waals surface area contributed by atoms with Crippen molar-refractivity contribution in [3.05, 3.63) is 29.6 Å². The number of aliphatic hydroxyl groups excluding tert-OH is 1. The van der Waals surface area contributed by atoms with Crippen molar-refractivity contribution in [1.29, 1.82) is 0 Å². The SMILES string of the molecule is COc1ccc(C(=O)NCC(O)C(=O)O)cc1F. The lowest BCUT2D eigenvalue weighted by Gasteiger charge is -2.08. The fourth-order valence-electron chi connectivity index (χ4n) is 1.19. The number of methoxy groups -OCH3 is 1. The van der Waals surface area contributed by atoms with E-state index in [1.165, 1.54) is 19.2 Å². The Morgan fingerprint density at radius 3 is 2.67 bits per heavy atom. The van der Waals surface area contributed by atoms with Crippen LogP contribution in [0.15, 0.2) is 18.2 Å². The second-order valence-electron chi connectivity index (χ2n) is 3.41. The van der Waals surface area contributed by atoms with Crippen LogP contribution in [0.3, 0.4) is 0 Å². The van der Waals surface area contributed by atoms with E-state index in [9.17, 15) is 14.0 Å². The summed E-state index contributed by atoms with van der Waals surface area (Å²) in [4.78, 5) is 21.8. The van der Waals surface area contributed by atoms with Gasteiger partial charge in [-0.25, -0.2) is 9.18 Å². The molecule has 0 aliphatic carbocycles. The smallest absolute Gasteiger partial charge is 0.334 e. The quantitative estimate of drug-likeness (QED) is 0.690. The number of nitrogens with one attached hydrogen (secondary N) is 1. The molecule has 0 fully saturated rings. The molecule has 18 heavy (non-hydrogen) atoms. The average Bonchev–Trinajstić information content (AvgIpc) is 2.35. The molecule has 0 spiro atoms. The topological polar surface area (TPSA) is 95.9 Å². The highest BCUT2D eigenvalue weighted by atomic mass is 19.1. The molecule has 98 valence electrons. The number of hydrogen-bond acceptors (Lipinski definition) is 4. The summed E-state index contributed by atoms with van der Waals surface area (Å²) in [5, 5.41) is 19.5. The van der Waals surface area contributed by atoms with Crippen LogP contribution in [0, 0.1) is 5.82 Å². The molecular formula is C11H12FNO5. The molecule has 0 aromatic heterocycles. The highest BCUT2D eigenvalue weighted by molar-refractivity contribution is 5.94. The van der Waals surface area contributed by atoms with E-state index in [1.54, 1.807) is 0 Å². The molecule has 1 rings (SSSR count). The van der Waals surface area contributed by atoms with Gasteiger partial charge in [-0.2, -0.15) is 0 Å². The molecule has 0 bridgehead atoms. The number of halogens is 1. The van der Waals surface area contributed by atoms with E-state index in [1.807, 2.05) is 0 Å². The Labute approximate surface area is 102 Å². The molecule has 0 saturated heterocycles. The molecular weight excluding hydrogens is 245 g/mol. The minimum absolute atomic E-state index is 0.00267. The van der Waals surface area contributed by atoms with Crippen molar-refractivity contribution in [3.63, 3.8) is 0 Å². The molecule has 0 aliphatic rings. The molecule has 6 nitrogen and oxygen atoms in total. The first-order valence-electron chi connectivity index (χ1n) is 4.98. The first-order chi connectivity index (χ1) is 8.45. The van der Waals surface area contributed by atoms with Gasteiger partial charge in [0.2, 0.25) is 0 Å². The lowest BCUT2D eigenvalue weighted by Crippen LogP contribution is -2.36. The number of ether oxygens (including phenoxy) is 1. The molecule has 0 aliphatic heterocycles. The van der Waals surface area contributed by atoms with Crippen molar-refractivity contribution in [2.24, 2.45) is 0 Å². The summed E-state index contributed by atoms with van der Waals surface area (Å²) in [6.45, 7) is -0.457. The molecule has 0 saturated carbocycles. The van der Waals surface area contributed by atoms with Crippen LogP contribution in [0.1, 0.15) is 10.4 Å². The zero-order valence-corrected chi connectivity index (χ0v) is 9.51. The fourth-order valence-corrected chi connectivity index (χ4v) is 1.19. The normalized spacial score (nSPS) is 11.7. The van der Waals surface area contributed by atoms with Crippen LogP contribution < -0.4 is 10.1 Å². The lowest BCUT2D eigenvalue weighted by atomic mass is 10.2. The number of benzene rings is 1. The van der Waals surface area contributed by atoms with Crippen molar-refractivity contribution >= 4 is 11.9 Å². The molecule has 0 radical (unpaired) electrons. The predicted octanol–water partition coefficient (Wildman–Crippen LogP) is 0.00960. The fraction of sp³-hybridized carbons (Fsp3) is 0.273. The van der Waals surface area contributed by atoms with Gasteiger partial charge in [-0.05, 0) is 18.2 Å². The Morgan fingerprint density at radius 2 is 2.17 bits per heavy atom. The number of carbonyl (C=O) groups excluding carboxylic acids is 1. The molecule has 1 atom stereocenters. The first kappa shape index (κ1) is 13.9. The van der Waals surface area contributed by atoms with Crippen LogP contribution in [0.25, 0.3) is 0 Å². The van der Waals surface area contributed by atoms with Gasteiger partial charge in [-0.15, -0.1) is 0 Å². The van der Waals surface area contributed by atoms with Crippen LogP contribution >= 0.6 is 0 Å². The van der Waals surface area contributed by atoms with Crippen molar-refractivity contribution in [2.45, 2.75) is 6.10 Å². The lowest BCUT2D eigenvalue weighted by molar-refractivity contribution is -0.146. The molecule has 3 N–H and O–H groups in total. The number of hydrogen-bond donors (Lipinski definition) is 3. The van der Waals surface area contributed by atoms with E-state index in [-0.39, 0.29) is 11.3 Å². The zero-order valence-electron chi connectivity index (χ0n) is 9.51. The average molecular weight is 257 g/mol. The largest absolute Gasteiger partial charge is 0.494 e. The number of aliphatic carboxylic acids is 1. The Morgan fingerprint density at radius 1 is 1.50 bits per heavy atom. The summed E-state index contributed by atoms with van der Waals surface area (Å²) in [7, 11) is 1.29. The van der Waals surface area contributed by atoms with Crippen molar-refractivity contribution in [2.75, 3.05) is 13.7 Å². The summed E-state index contributed by atoms with van der Waals surface area (Å²) in [5.41, 5.74) is 0.00545. The van der Waals surface area contributed by atoms with Gasteiger partial charge in [0.1, 0.15) is 0 Å². The number of carboxylic acid groups (broad SMARTS) is 1. The Bertz CT molecular complexity index is 463. The number of amides is 1. The summed E-state index contributed by atoms with van der Waals surface area (Å²) < 4.78 is 18.0. The molecule has 7 heteroatoms. The van der Waals surface area contributed by atoms with E-state index in [4.69, 9.17) is 10.2 Å². The van der Waals surface area contributed by atoms with Gasteiger partial charge in [-0.3, -0.25) is 4.79 Å². The molecule has 0 heterocycles. The maximum Gasteiger partial charge on any atom is 0.334 e. The first-order valence-corrected chi connectivity index (χ1v) is 4.98. The maximum atomic E-state index is 13.3. The molecule has 1 aromatic rings. The monoisotopic (exact) mass is 257 g/mol. The van der Waals surface area contributed by atoms with Crippen LogP contribution in [0.4, 0.5) is 4.39 Å². The van der Waals surface area contributed by atoms with Crippen LogP contribution in [-0.4, -0.2) is 41.8 Å². The van der Waals surface area contributed by atoms with E-state index >= 15 is 0 Å². The van der Waals surface area contributed by atoms with Gasteiger partial charge in [0.15, 0.2) is 17.7 Å². The molecule has 1 unspecified atom stereocenters. The summed E-state index contributed by atoms with van der Waals surface area (Å²) in [6, 6.07) is 3.56. The summed E-state index contributed by atoms with van der Waals surface area (Å²) in [5.74, 6) is -2.84. The minimum atomic E-state index is -1.70. The Balaban J connectivity index is 2.67. The Hall–Kier alpha value is -2.15. The van der Waals surface area contributed by atoms with Gasteiger partial charge in [-0.1, -0.05) is 0 Å². The number of rotatable bonds is 5. The molecule has 1 amide bonds. The van der Waals surface area contributed by atoms with E-state index in [0.717, 1.165) is 6.07 Å². The minimum Gasteiger partial charge on any atom is -0.494 e. The third-order valence-electron chi connectivity index (χ3n) is 2.16. The Kier molecular flexibility index (Phi) is 4.61. The highest BCUT2D eigenvalue weighted by Crippen LogP contribution is 2.17. The predicted molar refractivity (Wildman–Crippen MR) is 58.9 cm³/mol. The van der Waals surface area contributed by atoms with Crippen molar-refractivity contribution in [3.8, 4) is 5.75 Å². The number of carbonyl (C=O) groups is 2. The highest BCUT2D eigenvalue weighted by Gasteiger charge is 2.15. The second-order valence-corrected chi connectivity index (χ2v) is 3.41. The van der Waals surface area contributed by atoms with Crippen molar-refractivity contribution < 1.29 is 28.9 Å². The van der Waals surface area contributed by atoms with Gasteiger partial charge in [0.05, 0.1) is 13.7 Å². The number of aliphatic hydroxyl groups is 1. The van der Waals surface area contributed by atoms with E-state index in [2.05, 4.69) is 10.1 Å². The standard InChI is InChI=1S/C11H12FNO5/c1-18-9-3-2-6(4-7(9)12)10(15)13-5-8(14)11(16)17/h2-4,8,14H,5H2,1H3,(H,13,15)(H,16,17). The molecule has 1 aromatic carbocycles. The van der Waals surface area contributed by atoms with Crippen LogP contribution in [0.5, 0.6) is 5.75 Å². The second kappa shape index (κ2) is 5.97. The van der Waals surface area contributed by atoms with E-state index in [0.29, 0.717) is 0 Å². The summed E-state index contributed by atoms with van der Waals surface area (Å²) >= 11 is 0. The van der Waals surface area contributed by atoms with E-state index < -0.39 is 30.3 Å². The third kappa shape index (κ3) is 3.42. The third-order valence-corrected chi connectivity index (χ3v) is 2.16. The number of carboxylic acids is 1. The van der Waals surface area contributed by atoms with Crippen LogP contribution in [-0.2, 0) is 4.79 Å². The van der Waals surface area contributed by atoms with Gasteiger partial charge >= 0.3 is 5.97 Å². The van der Waals surface area contributed by atoms with Gasteiger partial charge < -0.3 is 20.3 Å². The van der Waals surface area contributed by atoms with Crippen molar-refractivity contribution in [1.82, 2.24) is 5.32 Å². The van der Waals surface area contributed by atoms with Crippen LogP contribution in [0.2, 0.25) is 0 Å². The van der Waals surface area contributed by atoms with Gasteiger partial charge in [0.25, 0.3) is 5.91 Å².